The van der Waals surface area contributed by atoms with E-state index < -0.39 is 0 Å². The van der Waals surface area contributed by atoms with E-state index in [9.17, 15) is 0 Å². The second-order valence-electron chi connectivity index (χ2n) is 3.66. The summed E-state index contributed by atoms with van der Waals surface area (Å²) in [5.41, 5.74) is 1.23. The van der Waals surface area contributed by atoms with Gasteiger partial charge in [-0.3, -0.25) is 0 Å². The van der Waals surface area contributed by atoms with Gasteiger partial charge in [-0.15, -0.1) is 11.3 Å². The molecule has 1 heterocycles. The molecule has 1 N–H and O–H groups in total. The number of halogens is 1. The Kier molecular flexibility index (Phi) is 4.59. The summed E-state index contributed by atoms with van der Waals surface area (Å²) in [4.78, 5) is 1.21. The van der Waals surface area contributed by atoms with Gasteiger partial charge in [0.25, 0.3) is 0 Å². The molecule has 2 nitrogen and oxygen atoms in total. The molecule has 1 aromatic heterocycles. The molecule has 2 aromatic rings. The van der Waals surface area contributed by atoms with Gasteiger partial charge < -0.3 is 10.1 Å². The molecule has 17 heavy (non-hydrogen) atoms. The molecule has 90 valence electrons. The van der Waals surface area contributed by atoms with Crippen LogP contribution in [-0.2, 0) is 13.2 Å². The number of nitrogens with one attached hydrogen (secondary N) is 1. The zero-order valence-electron chi connectivity index (χ0n) is 9.57. The van der Waals surface area contributed by atoms with Crippen LogP contribution in [0.15, 0.2) is 40.2 Å². The summed E-state index contributed by atoms with van der Waals surface area (Å²) in [7, 11) is 1.94. The third kappa shape index (κ3) is 3.56. The second-order valence-corrected chi connectivity index (χ2v) is 5.51. The van der Waals surface area contributed by atoms with E-state index in [-0.39, 0.29) is 0 Å². The lowest BCUT2D eigenvalue weighted by molar-refractivity contribution is 0.309. The molecule has 0 radical (unpaired) electrons. The van der Waals surface area contributed by atoms with Crippen LogP contribution in [0, 0.1) is 0 Å². The molecule has 0 aliphatic rings. The van der Waals surface area contributed by atoms with Gasteiger partial charge in [0.15, 0.2) is 0 Å². The molecule has 0 fully saturated rings. The monoisotopic (exact) mass is 311 g/mol. The number of rotatable bonds is 5. The molecule has 0 atom stereocenters. The van der Waals surface area contributed by atoms with Crippen molar-refractivity contribution < 1.29 is 4.74 Å². The molecule has 0 spiro atoms. The van der Waals surface area contributed by atoms with Crippen molar-refractivity contribution in [3.05, 3.63) is 50.6 Å². The van der Waals surface area contributed by atoms with Gasteiger partial charge in [-0.2, -0.15) is 0 Å². The fourth-order valence-electron chi connectivity index (χ4n) is 1.53. The first kappa shape index (κ1) is 12.6. The molecule has 1 aromatic carbocycles. The van der Waals surface area contributed by atoms with Crippen LogP contribution in [-0.4, -0.2) is 7.05 Å². The fourth-order valence-corrected chi connectivity index (χ4v) is 2.90. The SMILES string of the molecule is CNCc1cccc(OCc2sccc2Br)c1. The highest BCUT2D eigenvalue weighted by Crippen LogP contribution is 2.24. The van der Waals surface area contributed by atoms with Gasteiger partial charge in [0.1, 0.15) is 12.4 Å². The first-order chi connectivity index (χ1) is 8.29. The minimum atomic E-state index is 0.612. The van der Waals surface area contributed by atoms with Gasteiger partial charge in [-0.05, 0) is 52.1 Å². The van der Waals surface area contributed by atoms with Crippen LogP contribution >= 0.6 is 27.3 Å². The van der Waals surface area contributed by atoms with Gasteiger partial charge in [0.05, 0.1) is 4.88 Å². The molecule has 0 aliphatic carbocycles. The first-order valence-corrected chi connectivity index (χ1v) is 7.05. The van der Waals surface area contributed by atoms with Crippen molar-refractivity contribution in [3.63, 3.8) is 0 Å². The predicted molar refractivity (Wildman–Crippen MR) is 75.6 cm³/mol. The van der Waals surface area contributed by atoms with E-state index in [2.05, 4.69) is 38.8 Å². The van der Waals surface area contributed by atoms with Crippen LogP contribution in [0.5, 0.6) is 5.75 Å². The standard InChI is InChI=1S/C13H14BrNOS/c1-15-8-10-3-2-4-11(7-10)16-9-13-12(14)5-6-17-13/h2-7,15H,8-9H2,1H3. The van der Waals surface area contributed by atoms with Crippen molar-refractivity contribution in [3.8, 4) is 5.75 Å². The molecule has 0 amide bonds. The van der Waals surface area contributed by atoms with E-state index in [1.165, 1.54) is 10.4 Å². The third-order valence-electron chi connectivity index (χ3n) is 2.34. The smallest absolute Gasteiger partial charge is 0.124 e. The summed E-state index contributed by atoms with van der Waals surface area (Å²) in [6.07, 6.45) is 0. The van der Waals surface area contributed by atoms with Crippen molar-refractivity contribution in [1.29, 1.82) is 0 Å². The lowest BCUT2D eigenvalue weighted by atomic mass is 10.2. The predicted octanol–water partition coefficient (Wildman–Crippen LogP) is 3.81. The quantitative estimate of drug-likeness (QED) is 0.906. The maximum atomic E-state index is 5.77. The Morgan fingerprint density at radius 2 is 2.24 bits per heavy atom. The van der Waals surface area contributed by atoms with Crippen LogP contribution in [0.3, 0.4) is 0 Å². The zero-order valence-corrected chi connectivity index (χ0v) is 12.0. The largest absolute Gasteiger partial charge is 0.488 e. The Bertz CT molecular complexity index is 484. The summed E-state index contributed by atoms with van der Waals surface area (Å²) < 4.78 is 6.89. The molecular weight excluding hydrogens is 298 g/mol. The van der Waals surface area contributed by atoms with Gasteiger partial charge in [-0.25, -0.2) is 0 Å². The number of hydrogen-bond donors (Lipinski definition) is 1. The molecule has 0 bridgehead atoms. The minimum absolute atomic E-state index is 0.612. The molecule has 0 unspecified atom stereocenters. The normalized spacial score (nSPS) is 10.5. The Balaban J connectivity index is 1.99. The van der Waals surface area contributed by atoms with E-state index in [0.29, 0.717) is 6.61 Å². The van der Waals surface area contributed by atoms with E-state index in [1.807, 2.05) is 25.2 Å². The van der Waals surface area contributed by atoms with E-state index in [4.69, 9.17) is 4.74 Å². The summed E-state index contributed by atoms with van der Waals surface area (Å²) in [5.74, 6) is 0.915. The van der Waals surface area contributed by atoms with Crippen molar-refractivity contribution in [2.45, 2.75) is 13.2 Å². The third-order valence-corrected chi connectivity index (χ3v) is 4.24. The lowest BCUT2D eigenvalue weighted by Gasteiger charge is -2.07. The number of hydrogen-bond acceptors (Lipinski definition) is 3. The molecular formula is C13H14BrNOS. The fraction of sp³-hybridized carbons (Fsp3) is 0.231. The maximum absolute atomic E-state index is 5.77. The molecule has 2 rings (SSSR count). The van der Waals surface area contributed by atoms with E-state index >= 15 is 0 Å². The van der Waals surface area contributed by atoms with Crippen molar-refractivity contribution >= 4 is 27.3 Å². The van der Waals surface area contributed by atoms with Gasteiger partial charge in [0.2, 0.25) is 0 Å². The summed E-state index contributed by atoms with van der Waals surface area (Å²) in [5, 5.41) is 5.18. The molecule has 0 saturated carbocycles. The highest BCUT2D eigenvalue weighted by atomic mass is 79.9. The first-order valence-electron chi connectivity index (χ1n) is 5.38. The Labute approximate surface area is 114 Å². The number of benzene rings is 1. The van der Waals surface area contributed by atoms with Gasteiger partial charge >= 0.3 is 0 Å². The molecule has 4 heteroatoms. The van der Waals surface area contributed by atoms with E-state index in [1.54, 1.807) is 11.3 Å². The number of thiophene rings is 1. The van der Waals surface area contributed by atoms with Crippen LogP contribution in [0.4, 0.5) is 0 Å². The van der Waals surface area contributed by atoms with Crippen LogP contribution in [0.1, 0.15) is 10.4 Å². The van der Waals surface area contributed by atoms with Crippen molar-refractivity contribution in [1.82, 2.24) is 5.32 Å². The minimum Gasteiger partial charge on any atom is -0.488 e. The second kappa shape index (κ2) is 6.19. The van der Waals surface area contributed by atoms with Crippen LogP contribution < -0.4 is 10.1 Å². The van der Waals surface area contributed by atoms with Crippen molar-refractivity contribution in [2.24, 2.45) is 0 Å². The zero-order chi connectivity index (χ0) is 12.1. The summed E-state index contributed by atoms with van der Waals surface area (Å²) >= 11 is 5.20. The van der Waals surface area contributed by atoms with E-state index in [0.717, 1.165) is 16.8 Å². The highest BCUT2D eigenvalue weighted by molar-refractivity contribution is 9.10. The van der Waals surface area contributed by atoms with Gasteiger partial charge in [0, 0.05) is 11.0 Å². The summed E-state index contributed by atoms with van der Waals surface area (Å²) in [6.45, 7) is 1.47. The average Bonchev–Trinajstić information content (AvgIpc) is 2.73. The highest BCUT2D eigenvalue weighted by Gasteiger charge is 2.02. The van der Waals surface area contributed by atoms with Crippen LogP contribution in [0.25, 0.3) is 0 Å². The lowest BCUT2D eigenvalue weighted by Crippen LogP contribution is -2.05. The number of ether oxygens (including phenoxy) is 1. The average molecular weight is 312 g/mol. The molecule has 0 aliphatic heterocycles. The Hall–Kier alpha value is -0.840. The summed E-state index contributed by atoms with van der Waals surface area (Å²) in [6, 6.07) is 10.2. The van der Waals surface area contributed by atoms with Gasteiger partial charge in [-0.1, -0.05) is 12.1 Å². The topological polar surface area (TPSA) is 21.3 Å². The van der Waals surface area contributed by atoms with Crippen molar-refractivity contribution in [2.75, 3.05) is 7.05 Å². The van der Waals surface area contributed by atoms with Crippen LogP contribution in [0.2, 0.25) is 0 Å². The molecule has 0 saturated heterocycles. The Morgan fingerprint density at radius 1 is 1.35 bits per heavy atom. The maximum Gasteiger partial charge on any atom is 0.124 e. The Morgan fingerprint density at radius 3 is 2.94 bits per heavy atom.